The molecule has 0 aliphatic carbocycles. The number of nitrogens with zero attached hydrogens (tertiary/aromatic N) is 2. The summed E-state index contributed by atoms with van der Waals surface area (Å²) < 4.78 is 12.1. The van der Waals surface area contributed by atoms with E-state index in [-0.39, 0.29) is 0 Å². The van der Waals surface area contributed by atoms with E-state index in [0.717, 1.165) is 17.9 Å². The molecule has 19 heavy (non-hydrogen) atoms. The summed E-state index contributed by atoms with van der Waals surface area (Å²) in [5.41, 5.74) is 1.35. The van der Waals surface area contributed by atoms with Crippen LogP contribution >= 0.6 is 0 Å². The standard InChI is InChI=1S/C14H16N2O3/c1-4-16-9-11(8-15-16)14(17)19-12-5-6-13(18-3)10(2)7-12/h5-9H,4H2,1-3H3. The molecular weight excluding hydrogens is 244 g/mol. The zero-order valence-corrected chi connectivity index (χ0v) is 11.2. The smallest absolute Gasteiger partial charge is 0.346 e. The van der Waals surface area contributed by atoms with Gasteiger partial charge in [-0.1, -0.05) is 0 Å². The van der Waals surface area contributed by atoms with Crippen LogP contribution in [-0.4, -0.2) is 22.9 Å². The van der Waals surface area contributed by atoms with Crippen molar-refractivity contribution in [1.82, 2.24) is 9.78 Å². The Kier molecular flexibility index (Phi) is 3.85. The van der Waals surface area contributed by atoms with E-state index in [1.54, 1.807) is 36.2 Å². The molecule has 0 aliphatic heterocycles. The van der Waals surface area contributed by atoms with Crippen LogP contribution in [0.3, 0.4) is 0 Å². The second-order valence-electron chi connectivity index (χ2n) is 4.11. The fourth-order valence-corrected chi connectivity index (χ4v) is 1.72. The molecule has 0 bridgehead atoms. The lowest BCUT2D eigenvalue weighted by atomic mass is 10.2. The molecule has 0 unspecified atom stereocenters. The average molecular weight is 260 g/mol. The van der Waals surface area contributed by atoms with E-state index in [0.29, 0.717) is 11.3 Å². The molecule has 5 nitrogen and oxygen atoms in total. The number of aryl methyl sites for hydroxylation is 2. The zero-order chi connectivity index (χ0) is 13.8. The Labute approximate surface area is 111 Å². The Balaban J connectivity index is 2.12. The normalized spacial score (nSPS) is 10.3. The molecular formula is C14H16N2O3. The maximum absolute atomic E-state index is 11.9. The van der Waals surface area contributed by atoms with Gasteiger partial charge in [0.2, 0.25) is 0 Å². The molecule has 1 aromatic heterocycles. The number of benzene rings is 1. The molecule has 0 saturated carbocycles. The van der Waals surface area contributed by atoms with Gasteiger partial charge in [0.15, 0.2) is 0 Å². The molecule has 0 amide bonds. The highest BCUT2D eigenvalue weighted by molar-refractivity contribution is 5.90. The maximum atomic E-state index is 11.9. The van der Waals surface area contributed by atoms with Crippen LogP contribution in [0.5, 0.6) is 11.5 Å². The van der Waals surface area contributed by atoms with E-state index >= 15 is 0 Å². The van der Waals surface area contributed by atoms with E-state index in [1.165, 1.54) is 6.20 Å². The van der Waals surface area contributed by atoms with Gasteiger partial charge >= 0.3 is 5.97 Å². The number of methoxy groups -OCH3 is 1. The fraction of sp³-hybridized carbons (Fsp3) is 0.286. The van der Waals surface area contributed by atoms with E-state index in [1.807, 2.05) is 13.8 Å². The molecule has 100 valence electrons. The molecule has 1 heterocycles. The third kappa shape index (κ3) is 2.93. The van der Waals surface area contributed by atoms with Gasteiger partial charge in [-0.05, 0) is 37.6 Å². The molecule has 1 aromatic carbocycles. The second-order valence-corrected chi connectivity index (χ2v) is 4.11. The molecule has 0 saturated heterocycles. The Hall–Kier alpha value is -2.30. The van der Waals surface area contributed by atoms with Gasteiger partial charge in [-0.15, -0.1) is 0 Å². The molecule has 0 spiro atoms. The van der Waals surface area contributed by atoms with Crippen molar-refractivity contribution < 1.29 is 14.3 Å². The van der Waals surface area contributed by atoms with E-state index in [9.17, 15) is 4.79 Å². The van der Waals surface area contributed by atoms with Crippen molar-refractivity contribution in [2.45, 2.75) is 20.4 Å². The van der Waals surface area contributed by atoms with E-state index in [4.69, 9.17) is 9.47 Å². The fourth-order valence-electron chi connectivity index (χ4n) is 1.72. The zero-order valence-electron chi connectivity index (χ0n) is 11.2. The number of aromatic nitrogens is 2. The Morgan fingerprint density at radius 3 is 2.79 bits per heavy atom. The van der Waals surface area contributed by atoms with Crippen LogP contribution in [0.4, 0.5) is 0 Å². The first-order valence-corrected chi connectivity index (χ1v) is 6.03. The first kappa shape index (κ1) is 13.1. The minimum atomic E-state index is -0.413. The number of rotatable bonds is 4. The van der Waals surface area contributed by atoms with Crippen molar-refractivity contribution in [3.63, 3.8) is 0 Å². The van der Waals surface area contributed by atoms with Crippen molar-refractivity contribution in [3.8, 4) is 11.5 Å². The minimum absolute atomic E-state index is 0.413. The molecule has 0 N–H and O–H groups in total. The lowest BCUT2D eigenvalue weighted by Crippen LogP contribution is -2.07. The topological polar surface area (TPSA) is 53.4 Å². The Morgan fingerprint density at radius 1 is 1.42 bits per heavy atom. The number of esters is 1. The molecule has 2 aromatic rings. The van der Waals surface area contributed by atoms with Gasteiger partial charge in [0.05, 0.1) is 18.9 Å². The lowest BCUT2D eigenvalue weighted by Gasteiger charge is -2.07. The third-order valence-corrected chi connectivity index (χ3v) is 2.77. The highest BCUT2D eigenvalue weighted by Gasteiger charge is 2.11. The Morgan fingerprint density at radius 2 is 2.21 bits per heavy atom. The SMILES string of the molecule is CCn1cc(C(=O)Oc2ccc(OC)c(C)c2)cn1. The maximum Gasteiger partial charge on any atom is 0.346 e. The van der Waals surface area contributed by atoms with Gasteiger partial charge in [-0.2, -0.15) is 5.10 Å². The first-order chi connectivity index (χ1) is 9.13. The average Bonchev–Trinajstić information content (AvgIpc) is 2.88. The molecule has 0 fully saturated rings. The number of hydrogen-bond donors (Lipinski definition) is 0. The van der Waals surface area contributed by atoms with Crippen LogP contribution in [0.1, 0.15) is 22.8 Å². The minimum Gasteiger partial charge on any atom is -0.496 e. The van der Waals surface area contributed by atoms with Crippen LogP contribution < -0.4 is 9.47 Å². The number of carbonyl (C=O) groups excluding carboxylic acids is 1. The number of ether oxygens (including phenoxy) is 2. The number of carbonyl (C=O) groups is 1. The summed E-state index contributed by atoms with van der Waals surface area (Å²) in [6.45, 7) is 4.56. The summed E-state index contributed by atoms with van der Waals surface area (Å²) in [5, 5.41) is 4.04. The highest BCUT2D eigenvalue weighted by atomic mass is 16.5. The number of hydrogen-bond acceptors (Lipinski definition) is 4. The van der Waals surface area contributed by atoms with Gasteiger partial charge in [0, 0.05) is 12.7 Å². The van der Waals surface area contributed by atoms with Crippen LogP contribution in [0, 0.1) is 6.92 Å². The van der Waals surface area contributed by atoms with Gasteiger partial charge < -0.3 is 9.47 Å². The summed E-state index contributed by atoms with van der Waals surface area (Å²) in [4.78, 5) is 11.9. The molecule has 5 heteroatoms. The van der Waals surface area contributed by atoms with Crippen molar-refractivity contribution in [1.29, 1.82) is 0 Å². The quantitative estimate of drug-likeness (QED) is 0.626. The van der Waals surface area contributed by atoms with Crippen molar-refractivity contribution in [2.24, 2.45) is 0 Å². The van der Waals surface area contributed by atoms with Crippen LogP contribution in [0.2, 0.25) is 0 Å². The largest absolute Gasteiger partial charge is 0.496 e. The van der Waals surface area contributed by atoms with Crippen molar-refractivity contribution in [2.75, 3.05) is 7.11 Å². The van der Waals surface area contributed by atoms with Gasteiger partial charge in [0.1, 0.15) is 11.5 Å². The Bertz CT molecular complexity index is 590. The third-order valence-electron chi connectivity index (χ3n) is 2.77. The monoisotopic (exact) mass is 260 g/mol. The summed E-state index contributed by atoms with van der Waals surface area (Å²) in [6, 6.07) is 5.24. The summed E-state index contributed by atoms with van der Waals surface area (Å²) in [7, 11) is 1.60. The van der Waals surface area contributed by atoms with Crippen molar-refractivity contribution >= 4 is 5.97 Å². The van der Waals surface area contributed by atoms with Gasteiger partial charge in [0.25, 0.3) is 0 Å². The summed E-state index contributed by atoms with van der Waals surface area (Å²) in [5.74, 6) is 0.843. The van der Waals surface area contributed by atoms with E-state index < -0.39 is 5.97 Å². The lowest BCUT2D eigenvalue weighted by molar-refractivity contribution is 0.0734. The summed E-state index contributed by atoms with van der Waals surface area (Å²) in [6.07, 6.45) is 3.17. The van der Waals surface area contributed by atoms with Crippen molar-refractivity contribution in [3.05, 3.63) is 41.7 Å². The van der Waals surface area contributed by atoms with E-state index in [2.05, 4.69) is 5.10 Å². The molecule has 2 rings (SSSR count). The van der Waals surface area contributed by atoms with Gasteiger partial charge in [-0.25, -0.2) is 4.79 Å². The molecule has 0 radical (unpaired) electrons. The first-order valence-electron chi connectivity index (χ1n) is 6.03. The van der Waals surface area contributed by atoms with Crippen LogP contribution in [-0.2, 0) is 6.54 Å². The van der Waals surface area contributed by atoms with Gasteiger partial charge in [-0.3, -0.25) is 4.68 Å². The van der Waals surface area contributed by atoms with Crippen LogP contribution in [0.25, 0.3) is 0 Å². The predicted molar refractivity (Wildman–Crippen MR) is 70.6 cm³/mol. The summed E-state index contributed by atoms with van der Waals surface area (Å²) >= 11 is 0. The van der Waals surface area contributed by atoms with Crippen LogP contribution in [0.15, 0.2) is 30.6 Å². The predicted octanol–water partition coefficient (Wildman–Crippen LogP) is 2.44. The second kappa shape index (κ2) is 5.56. The molecule has 0 aliphatic rings. The highest BCUT2D eigenvalue weighted by Crippen LogP contribution is 2.23. The molecule has 0 atom stereocenters.